The van der Waals surface area contributed by atoms with Crippen molar-refractivity contribution in [2.75, 3.05) is 20.1 Å². The van der Waals surface area contributed by atoms with E-state index in [2.05, 4.69) is 24.4 Å². The van der Waals surface area contributed by atoms with Crippen molar-refractivity contribution < 1.29 is 13.2 Å². The van der Waals surface area contributed by atoms with Crippen LogP contribution in [0.25, 0.3) is 0 Å². The van der Waals surface area contributed by atoms with Crippen LogP contribution < -0.4 is 5.32 Å². The van der Waals surface area contributed by atoms with Gasteiger partial charge < -0.3 is 5.32 Å². The zero-order valence-electron chi connectivity index (χ0n) is 16.4. The topological polar surface area (TPSA) is 66.5 Å². The first-order valence-corrected chi connectivity index (χ1v) is 10.5. The molecule has 2 rings (SSSR count). The molecule has 0 radical (unpaired) electrons. The number of amides is 1. The van der Waals surface area contributed by atoms with Gasteiger partial charge in [0.25, 0.3) is 0 Å². The maximum absolute atomic E-state index is 12.6. The molecule has 0 heterocycles. The highest BCUT2D eigenvalue weighted by atomic mass is 32.2. The van der Waals surface area contributed by atoms with Crippen molar-refractivity contribution in [3.63, 3.8) is 0 Å². The van der Waals surface area contributed by atoms with Gasteiger partial charge in [0, 0.05) is 13.6 Å². The number of carbonyl (C=O) groups excluding carboxylic acids is 1. The van der Waals surface area contributed by atoms with Crippen LogP contribution in [-0.2, 0) is 14.8 Å². The van der Waals surface area contributed by atoms with Crippen molar-refractivity contribution in [1.29, 1.82) is 0 Å². The Kier molecular flexibility index (Phi) is 7.16. The van der Waals surface area contributed by atoms with Crippen molar-refractivity contribution in [2.24, 2.45) is 0 Å². The minimum absolute atomic E-state index is 0.199. The van der Waals surface area contributed by atoms with Crippen LogP contribution in [0.5, 0.6) is 0 Å². The fourth-order valence-corrected chi connectivity index (χ4v) is 3.99. The molecule has 0 aliphatic rings. The molecule has 1 atom stereocenters. The van der Waals surface area contributed by atoms with Crippen molar-refractivity contribution >= 4 is 15.9 Å². The van der Waals surface area contributed by atoms with Crippen LogP contribution in [0.3, 0.4) is 0 Å². The first-order valence-electron chi connectivity index (χ1n) is 9.07. The van der Waals surface area contributed by atoms with Gasteiger partial charge in [0.1, 0.15) is 0 Å². The lowest BCUT2D eigenvalue weighted by Crippen LogP contribution is -2.38. The van der Waals surface area contributed by atoms with E-state index in [9.17, 15) is 13.2 Å². The molecule has 27 heavy (non-hydrogen) atoms. The number of hydrogen-bond donors (Lipinski definition) is 1. The summed E-state index contributed by atoms with van der Waals surface area (Å²) >= 11 is 0. The van der Waals surface area contributed by atoms with E-state index in [1.54, 1.807) is 18.2 Å². The number of nitrogens with zero attached hydrogens (tertiary/aromatic N) is 1. The molecule has 0 aliphatic carbocycles. The molecule has 1 amide bonds. The summed E-state index contributed by atoms with van der Waals surface area (Å²) in [6, 6.07) is 15.1. The third kappa shape index (κ3) is 5.65. The molecule has 0 aliphatic heterocycles. The second kappa shape index (κ2) is 9.15. The van der Waals surface area contributed by atoms with Crippen molar-refractivity contribution in [3.05, 3.63) is 65.2 Å². The number of sulfonamides is 1. The molecule has 0 spiro atoms. The van der Waals surface area contributed by atoms with E-state index in [0.29, 0.717) is 12.5 Å². The number of hydrogen-bond acceptors (Lipinski definition) is 3. The van der Waals surface area contributed by atoms with Gasteiger partial charge in [0.2, 0.25) is 15.9 Å². The lowest BCUT2D eigenvalue weighted by atomic mass is 9.98. The first kappa shape index (κ1) is 21.1. The normalized spacial score (nSPS) is 12.8. The van der Waals surface area contributed by atoms with Gasteiger partial charge in [-0.3, -0.25) is 4.79 Å². The summed E-state index contributed by atoms with van der Waals surface area (Å²) in [5.74, 6) is 0.0219. The summed E-state index contributed by atoms with van der Waals surface area (Å²) < 4.78 is 26.4. The Morgan fingerprint density at radius 3 is 2.37 bits per heavy atom. The van der Waals surface area contributed by atoms with Gasteiger partial charge in [-0.05, 0) is 55.0 Å². The average molecular weight is 389 g/mol. The Bertz CT molecular complexity index is 880. The highest BCUT2D eigenvalue weighted by Crippen LogP contribution is 2.19. The Labute approximate surface area is 162 Å². The number of carbonyl (C=O) groups is 1. The molecule has 0 fully saturated rings. The highest BCUT2D eigenvalue weighted by Gasteiger charge is 2.23. The lowest BCUT2D eigenvalue weighted by molar-refractivity contribution is -0.121. The van der Waals surface area contributed by atoms with E-state index in [1.165, 1.54) is 12.6 Å². The van der Waals surface area contributed by atoms with Crippen molar-refractivity contribution in [1.82, 2.24) is 9.62 Å². The zero-order valence-corrected chi connectivity index (χ0v) is 17.2. The SMILES string of the molecule is Cc1ccc(S(=O)(=O)N(C)CC(=O)NCCC(C)c2ccccc2)cc1C. The number of rotatable bonds is 8. The van der Waals surface area contributed by atoms with E-state index in [1.807, 2.05) is 32.0 Å². The van der Waals surface area contributed by atoms with Crippen LogP contribution in [0.15, 0.2) is 53.4 Å². The number of aryl methyl sites for hydroxylation is 2. The van der Waals surface area contributed by atoms with E-state index < -0.39 is 10.0 Å². The molecular weight excluding hydrogens is 360 g/mol. The second-order valence-corrected chi connectivity index (χ2v) is 9.00. The largest absolute Gasteiger partial charge is 0.355 e. The van der Waals surface area contributed by atoms with Gasteiger partial charge in [-0.2, -0.15) is 4.31 Å². The molecule has 5 nitrogen and oxygen atoms in total. The summed E-state index contributed by atoms with van der Waals surface area (Å²) in [5, 5.41) is 2.81. The molecule has 0 bridgehead atoms. The average Bonchev–Trinajstić information content (AvgIpc) is 2.64. The highest BCUT2D eigenvalue weighted by molar-refractivity contribution is 7.89. The number of likely N-dealkylation sites (N-methyl/N-ethyl adjacent to an activating group) is 1. The van der Waals surface area contributed by atoms with E-state index in [4.69, 9.17) is 0 Å². The maximum atomic E-state index is 12.6. The van der Waals surface area contributed by atoms with E-state index >= 15 is 0 Å². The minimum Gasteiger partial charge on any atom is -0.355 e. The molecule has 2 aromatic carbocycles. The number of nitrogens with one attached hydrogen (secondary N) is 1. The molecule has 0 saturated heterocycles. The second-order valence-electron chi connectivity index (χ2n) is 6.96. The van der Waals surface area contributed by atoms with Crippen LogP contribution >= 0.6 is 0 Å². The van der Waals surface area contributed by atoms with Gasteiger partial charge in [-0.15, -0.1) is 0 Å². The van der Waals surface area contributed by atoms with Crippen LogP contribution in [0.1, 0.15) is 36.0 Å². The van der Waals surface area contributed by atoms with E-state index in [0.717, 1.165) is 21.9 Å². The maximum Gasteiger partial charge on any atom is 0.243 e. The Balaban J connectivity index is 1.88. The Hall–Kier alpha value is -2.18. The molecule has 146 valence electrons. The molecule has 1 N–H and O–H groups in total. The third-order valence-corrected chi connectivity index (χ3v) is 6.62. The molecule has 0 aromatic heterocycles. The summed E-state index contributed by atoms with van der Waals surface area (Å²) in [6.45, 7) is 6.22. The van der Waals surface area contributed by atoms with Crippen molar-refractivity contribution in [3.8, 4) is 0 Å². The molecule has 6 heteroatoms. The van der Waals surface area contributed by atoms with Crippen LogP contribution in [-0.4, -0.2) is 38.8 Å². The molecule has 2 aromatic rings. The monoisotopic (exact) mass is 388 g/mol. The smallest absolute Gasteiger partial charge is 0.243 e. The Morgan fingerprint density at radius 2 is 1.74 bits per heavy atom. The molecule has 0 saturated carbocycles. The fourth-order valence-electron chi connectivity index (χ4n) is 2.77. The van der Waals surface area contributed by atoms with Gasteiger partial charge in [-0.25, -0.2) is 8.42 Å². The predicted molar refractivity (Wildman–Crippen MR) is 108 cm³/mol. The summed E-state index contributed by atoms with van der Waals surface area (Å²) in [4.78, 5) is 12.4. The minimum atomic E-state index is -3.69. The number of benzene rings is 2. The lowest BCUT2D eigenvalue weighted by Gasteiger charge is -2.18. The van der Waals surface area contributed by atoms with Crippen LogP contribution in [0.4, 0.5) is 0 Å². The first-order chi connectivity index (χ1) is 12.7. The third-order valence-electron chi connectivity index (χ3n) is 4.82. The summed E-state index contributed by atoms with van der Waals surface area (Å²) in [5.41, 5.74) is 3.16. The standard InChI is InChI=1S/C21H28N2O3S/c1-16-10-11-20(14-18(16)3)27(25,26)23(4)15-21(24)22-13-12-17(2)19-8-6-5-7-9-19/h5-11,14,17H,12-13,15H2,1-4H3,(H,22,24). The summed E-state index contributed by atoms with van der Waals surface area (Å²) in [6.07, 6.45) is 0.795. The molecule has 1 unspecified atom stereocenters. The van der Waals surface area contributed by atoms with Gasteiger partial charge in [0.05, 0.1) is 11.4 Å². The van der Waals surface area contributed by atoms with Crippen LogP contribution in [0, 0.1) is 13.8 Å². The van der Waals surface area contributed by atoms with Gasteiger partial charge >= 0.3 is 0 Å². The zero-order chi connectivity index (χ0) is 20.0. The van der Waals surface area contributed by atoms with Crippen molar-refractivity contribution in [2.45, 2.75) is 38.0 Å². The Morgan fingerprint density at radius 1 is 1.07 bits per heavy atom. The van der Waals surface area contributed by atoms with Gasteiger partial charge in [-0.1, -0.05) is 43.3 Å². The van der Waals surface area contributed by atoms with Gasteiger partial charge in [0.15, 0.2) is 0 Å². The van der Waals surface area contributed by atoms with Crippen LogP contribution in [0.2, 0.25) is 0 Å². The molecular formula is C21H28N2O3S. The van der Waals surface area contributed by atoms with E-state index in [-0.39, 0.29) is 17.3 Å². The predicted octanol–water partition coefficient (Wildman–Crippen LogP) is 3.23. The fraction of sp³-hybridized carbons (Fsp3) is 0.381. The quantitative estimate of drug-likeness (QED) is 0.755. The summed E-state index contributed by atoms with van der Waals surface area (Å²) in [7, 11) is -2.26.